The van der Waals surface area contributed by atoms with E-state index in [9.17, 15) is 23.1 Å². The number of β-amino-alcohol motifs (C(OH)–C–C–N with tert-alkyl or cyclic N) is 1. The molecule has 0 radical (unpaired) electrons. The third kappa shape index (κ3) is 4.44. The summed E-state index contributed by atoms with van der Waals surface area (Å²) in [6.45, 7) is 1.96. The van der Waals surface area contributed by atoms with Gasteiger partial charge in [0.25, 0.3) is 5.91 Å². The fourth-order valence-corrected chi connectivity index (χ4v) is 3.51. The zero-order valence-corrected chi connectivity index (χ0v) is 15.9. The van der Waals surface area contributed by atoms with Gasteiger partial charge in [0.05, 0.1) is 11.7 Å². The first-order valence-electron chi connectivity index (χ1n) is 9.47. The van der Waals surface area contributed by atoms with Crippen LogP contribution in [0.5, 0.6) is 0 Å². The molecule has 30 heavy (non-hydrogen) atoms. The van der Waals surface area contributed by atoms with Crippen molar-refractivity contribution < 1.29 is 23.1 Å². The molecular weight excluding hydrogens is 399 g/mol. The van der Waals surface area contributed by atoms with Gasteiger partial charge in [-0.25, -0.2) is 9.97 Å². The van der Waals surface area contributed by atoms with E-state index in [1.165, 1.54) is 17.3 Å². The predicted octanol–water partition coefficient (Wildman–Crippen LogP) is 1.90. The number of aliphatic hydroxyl groups is 1. The maximum absolute atomic E-state index is 12.8. The summed E-state index contributed by atoms with van der Waals surface area (Å²) in [4.78, 5) is 22.0. The topological polar surface area (TPSA) is 82.8 Å². The number of fused-ring (bicyclic) bond motifs is 2. The highest BCUT2D eigenvalue weighted by atomic mass is 19.4. The van der Waals surface area contributed by atoms with Crippen LogP contribution in [0.15, 0.2) is 42.9 Å². The summed E-state index contributed by atoms with van der Waals surface area (Å²) in [7, 11) is 0. The number of carbonyl (C=O) groups is 1. The second kappa shape index (κ2) is 8.04. The maximum atomic E-state index is 12.8. The third-order valence-corrected chi connectivity index (χ3v) is 5.05. The van der Waals surface area contributed by atoms with Crippen molar-refractivity contribution in [3.8, 4) is 0 Å². The number of halogens is 3. The van der Waals surface area contributed by atoms with Crippen molar-refractivity contribution in [3.63, 3.8) is 0 Å². The number of imidazole rings is 1. The first kappa shape index (κ1) is 20.3. The fraction of sp³-hybridized carbons (Fsp3) is 0.350. The van der Waals surface area contributed by atoms with Crippen molar-refractivity contribution in [1.82, 2.24) is 24.6 Å². The Bertz CT molecular complexity index is 1070. The van der Waals surface area contributed by atoms with Crippen LogP contribution in [-0.4, -0.2) is 56.0 Å². The molecule has 3 aromatic rings. The smallest absolute Gasteiger partial charge is 0.390 e. The highest BCUT2D eigenvalue weighted by molar-refractivity contribution is 5.92. The molecule has 0 saturated carbocycles. The molecule has 3 heterocycles. The lowest BCUT2D eigenvalue weighted by Gasteiger charge is -2.30. The molecule has 0 spiro atoms. The largest absolute Gasteiger partial charge is 0.419 e. The molecule has 1 unspecified atom stereocenters. The number of hydrogen-bond donors (Lipinski definition) is 2. The van der Waals surface area contributed by atoms with E-state index in [4.69, 9.17) is 0 Å². The lowest BCUT2D eigenvalue weighted by molar-refractivity contribution is -0.138. The number of carbonyl (C=O) groups excluding carboxylic acids is 1. The van der Waals surface area contributed by atoms with Crippen LogP contribution in [0.25, 0.3) is 5.78 Å². The number of nitrogens with zero attached hydrogens (tertiary/aromatic N) is 4. The van der Waals surface area contributed by atoms with Gasteiger partial charge in [0.2, 0.25) is 5.78 Å². The molecule has 1 atom stereocenters. The molecule has 158 valence electrons. The Balaban J connectivity index is 1.33. The highest BCUT2D eigenvalue weighted by Crippen LogP contribution is 2.28. The lowest BCUT2D eigenvalue weighted by atomic mass is 10.00. The van der Waals surface area contributed by atoms with Gasteiger partial charge in [0.15, 0.2) is 0 Å². The molecule has 1 aliphatic rings. The molecule has 1 aliphatic heterocycles. The van der Waals surface area contributed by atoms with E-state index < -0.39 is 23.8 Å². The zero-order valence-electron chi connectivity index (χ0n) is 15.9. The van der Waals surface area contributed by atoms with Gasteiger partial charge < -0.3 is 10.4 Å². The summed E-state index contributed by atoms with van der Waals surface area (Å²) in [5.41, 5.74) is 1.54. The number of amides is 1. The number of benzene rings is 1. The molecule has 0 aliphatic carbocycles. The van der Waals surface area contributed by atoms with Crippen molar-refractivity contribution in [2.24, 2.45) is 0 Å². The molecule has 0 saturated heterocycles. The molecule has 7 nitrogen and oxygen atoms in total. The number of aromatic nitrogens is 3. The van der Waals surface area contributed by atoms with Gasteiger partial charge in [0, 0.05) is 44.8 Å². The normalized spacial score (nSPS) is 15.7. The molecule has 10 heteroatoms. The van der Waals surface area contributed by atoms with Crippen LogP contribution in [0.2, 0.25) is 0 Å². The second-order valence-electron chi connectivity index (χ2n) is 7.29. The summed E-state index contributed by atoms with van der Waals surface area (Å²) in [5, 5.41) is 12.9. The first-order chi connectivity index (χ1) is 14.3. The Hall–Kier alpha value is -2.98. The van der Waals surface area contributed by atoms with Crippen LogP contribution in [0, 0.1) is 0 Å². The number of nitrogens with one attached hydrogen (secondary N) is 1. The molecule has 1 aromatic carbocycles. The number of alkyl halides is 3. The molecule has 2 N–H and O–H groups in total. The fourth-order valence-electron chi connectivity index (χ4n) is 3.51. The Morgan fingerprint density at radius 2 is 2.00 bits per heavy atom. The van der Waals surface area contributed by atoms with Crippen molar-refractivity contribution in [3.05, 3.63) is 65.2 Å². The summed E-state index contributed by atoms with van der Waals surface area (Å²) in [6.07, 6.45) is -1.73. The summed E-state index contributed by atoms with van der Waals surface area (Å²) in [6, 6.07) is 8.17. The minimum atomic E-state index is -4.53. The number of rotatable bonds is 5. The second-order valence-corrected chi connectivity index (χ2v) is 7.29. The van der Waals surface area contributed by atoms with Crippen molar-refractivity contribution in [2.45, 2.75) is 25.2 Å². The minimum absolute atomic E-state index is 0.00603. The van der Waals surface area contributed by atoms with Gasteiger partial charge in [-0.1, -0.05) is 24.3 Å². The van der Waals surface area contributed by atoms with Gasteiger partial charge >= 0.3 is 6.18 Å². The average molecular weight is 419 g/mol. The van der Waals surface area contributed by atoms with Gasteiger partial charge in [-0.3, -0.25) is 14.1 Å². The summed E-state index contributed by atoms with van der Waals surface area (Å²) in [5.74, 6) is -0.599. The van der Waals surface area contributed by atoms with Crippen LogP contribution in [0.1, 0.15) is 27.2 Å². The van der Waals surface area contributed by atoms with Crippen LogP contribution in [0.4, 0.5) is 13.2 Å². The Morgan fingerprint density at radius 3 is 2.77 bits per heavy atom. The Labute approximate surface area is 170 Å². The van der Waals surface area contributed by atoms with Crippen molar-refractivity contribution in [2.75, 3.05) is 19.6 Å². The lowest BCUT2D eigenvalue weighted by Crippen LogP contribution is -2.42. The maximum Gasteiger partial charge on any atom is 0.419 e. The van der Waals surface area contributed by atoms with E-state index in [2.05, 4.69) is 32.3 Å². The summed E-state index contributed by atoms with van der Waals surface area (Å²) < 4.78 is 39.4. The quantitative estimate of drug-likeness (QED) is 0.660. The van der Waals surface area contributed by atoms with Crippen LogP contribution >= 0.6 is 0 Å². The van der Waals surface area contributed by atoms with E-state index in [1.54, 1.807) is 0 Å². The highest BCUT2D eigenvalue weighted by Gasteiger charge is 2.31. The zero-order chi connectivity index (χ0) is 21.3. The van der Waals surface area contributed by atoms with E-state index in [0.29, 0.717) is 12.7 Å². The Morgan fingerprint density at radius 1 is 1.23 bits per heavy atom. The van der Waals surface area contributed by atoms with Gasteiger partial charge in [-0.2, -0.15) is 13.2 Å². The number of aliphatic hydroxyl groups excluding tert-OH is 1. The molecule has 1 amide bonds. The minimum Gasteiger partial charge on any atom is -0.390 e. The molecule has 2 aromatic heterocycles. The number of hydrogen-bond acceptors (Lipinski definition) is 5. The molecule has 0 fully saturated rings. The monoisotopic (exact) mass is 419 g/mol. The van der Waals surface area contributed by atoms with E-state index in [0.717, 1.165) is 30.1 Å². The van der Waals surface area contributed by atoms with Gasteiger partial charge in [-0.05, 0) is 17.5 Å². The van der Waals surface area contributed by atoms with Crippen molar-refractivity contribution in [1.29, 1.82) is 0 Å². The van der Waals surface area contributed by atoms with Crippen LogP contribution in [-0.2, 0) is 19.1 Å². The van der Waals surface area contributed by atoms with E-state index >= 15 is 0 Å². The predicted molar refractivity (Wildman–Crippen MR) is 102 cm³/mol. The molecule has 4 rings (SSSR count). The Kier molecular flexibility index (Phi) is 5.44. The molecule has 0 bridgehead atoms. The van der Waals surface area contributed by atoms with E-state index in [-0.39, 0.29) is 18.0 Å². The average Bonchev–Trinajstić information content (AvgIpc) is 3.15. The van der Waals surface area contributed by atoms with Gasteiger partial charge in [0.1, 0.15) is 5.69 Å². The first-order valence-corrected chi connectivity index (χ1v) is 9.47. The van der Waals surface area contributed by atoms with E-state index in [1.807, 2.05) is 12.1 Å². The van der Waals surface area contributed by atoms with Crippen LogP contribution < -0.4 is 5.32 Å². The summed E-state index contributed by atoms with van der Waals surface area (Å²) >= 11 is 0. The third-order valence-electron chi connectivity index (χ3n) is 5.05. The molecular formula is C20H20F3N5O2. The van der Waals surface area contributed by atoms with Gasteiger partial charge in [-0.15, -0.1) is 0 Å². The van der Waals surface area contributed by atoms with Crippen molar-refractivity contribution >= 4 is 11.7 Å². The SMILES string of the molecule is O=C(NCC(O)CN1CCc2ccccc2C1)c1cn2cc(C(F)(F)F)cnc2n1. The standard InChI is InChI=1S/C20H20F3N5O2/c21-20(22,23)15-7-25-19-26-17(12-28(19)10-15)18(30)24-8-16(29)11-27-6-5-13-3-1-2-4-14(13)9-27/h1-4,7,10,12,16,29H,5-6,8-9,11H2,(H,24,30). The van der Waals surface area contributed by atoms with Crippen LogP contribution in [0.3, 0.4) is 0 Å².